The smallest absolute Gasteiger partial charge is 0.295 e. The van der Waals surface area contributed by atoms with Gasteiger partial charge in [-0.1, -0.05) is 41.4 Å². The molecule has 0 saturated carbocycles. The van der Waals surface area contributed by atoms with Crippen LogP contribution in [0.5, 0.6) is 17.2 Å². The van der Waals surface area contributed by atoms with Crippen molar-refractivity contribution < 1.29 is 29.3 Å². The maximum atomic E-state index is 13.3. The third-order valence-electron chi connectivity index (χ3n) is 5.60. The minimum absolute atomic E-state index is 0.00725. The molecule has 1 amide bonds. The van der Waals surface area contributed by atoms with Crippen molar-refractivity contribution >= 4 is 40.7 Å². The van der Waals surface area contributed by atoms with Crippen molar-refractivity contribution in [3.63, 3.8) is 0 Å². The van der Waals surface area contributed by atoms with Crippen molar-refractivity contribution in [2.45, 2.75) is 12.6 Å². The summed E-state index contributed by atoms with van der Waals surface area (Å²) in [6.07, 6.45) is 3.17. The van der Waals surface area contributed by atoms with Gasteiger partial charge in [0, 0.05) is 18.9 Å². The molecule has 1 atom stereocenters. The molecule has 2 heterocycles. The van der Waals surface area contributed by atoms with Crippen LogP contribution in [0.2, 0.25) is 10.0 Å². The first kappa shape index (κ1) is 24.4. The molecule has 2 aromatic carbocycles. The van der Waals surface area contributed by atoms with Crippen LogP contribution in [0.25, 0.3) is 5.76 Å². The minimum atomic E-state index is -1.02. The van der Waals surface area contributed by atoms with Crippen LogP contribution in [-0.2, 0) is 16.1 Å². The molecule has 4 rings (SSSR count). The van der Waals surface area contributed by atoms with E-state index in [2.05, 4.69) is 4.98 Å². The summed E-state index contributed by atoms with van der Waals surface area (Å²) in [5, 5.41) is 21.5. The molecule has 0 bridgehead atoms. The number of Topliss-reactive ketones (excluding diaryl/α,β-unsaturated/α-hetero) is 1. The number of aliphatic hydroxyl groups is 1. The summed E-state index contributed by atoms with van der Waals surface area (Å²) in [5.41, 5.74) is 0.889. The van der Waals surface area contributed by atoms with Gasteiger partial charge in [0.25, 0.3) is 11.7 Å². The van der Waals surface area contributed by atoms with Crippen LogP contribution in [-0.4, -0.2) is 46.0 Å². The Bertz CT molecular complexity index is 1340. The van der Waals surface area contributed by atoms with E-state index >= 15 is 0 Å². The van der Waals surface area contributed by atoms with E-state index in [0.29, 0.717) is 11.1 Å². The molecule has 1 saturated heterocycles. The third kappa shape index (κ3) is 4.38. The van der Waals surface area contributed by atoms with Crippen LogP contribution < -0.4 is 9.47 Å². The lowest BCUT2D eigenvalue weighted by atomic mass is 9.94. The number of carbonyl (C=O) groups excluding carboxylic acids is 2. The Morgan fingerprint density at radius 3 is 2.46 bits per heavy atom. The Morgan fingerprint density at radius 1 is 1.09 bits per heavy atom. The molecule has 180 valence electrons. The molecule has 0 aliphatic carbocycles. The number of phenols is 1. The van der Waals surface area contributed by atoms with E-state index in [1.165, 1.54) is 37.3 Å². The number of hydrogen-bond acceptors (Lipinski definition) is 7. The van der Waals surface area contributed by atoms with Gasteiger partial charge in [-0.05, 0) is 35.4 Å². The Morgan fingerprint density at radius 2 is 1.83 bits per heavy atom. The number of carbonyl (C=O) groups is 2. The number of methoxy groups -OCH3 is 2. The minimum Gasteiger partial charge on any atom is -0.508 e. The fourth-order valence-electron chi connectivity index (χ4n) is 4.06. The Labute approximate surface area is 210 Å². The number of aliphatic hydroxyl groups excluding tert-OH is 1. The van der Waals surface area contributed by atoms with Gasteiger partial charge in [-0.2, -0.15) is 0 Å². The van der Waals surface area contributed by atoms with Crippen LogP contribution in [0.4, 0.5) is 0 Å². The summed E-state index contributed by atoms with van der Waals surface area (Å²) < 4.78 is 10.6. The first-order chi connectivity index (χ1) is 16.8. The molecule has 1 aromatic heterocycles. The molecule has 1 aliphatic rings. The number of halogens is 2. The van der Waals surface area contributed by atoms with Crippen molar-refractivity contribution in [3.05, 3.63) is 87.2 Å². The molecule has 0 spiro atoms. The average molecular weight is 515 g/mol. The number of aromatic hydroxyl groups is 1. The van der Waals surface area contributed by atoms with E-state index < -0.39 is 23.5 Å². The summed E-state index contributed by atoms with van der Waals surface area (Å²) in [4.78, 5) is 31.8. The maximum absolute atomic E-state index is 13.3. The first-order valence-corrected chi connectivity index (χ1v) is 11.1. The zero-order valence-corrected chi connectivity index (χ0v) is 20.2. The number of phenolic OH excluding ortho intramolecular Hbond substituents is 1. The van der Waals surface area contributed by atoms with Gasteiger partial charge < -0.3 is 24.6 Å². The summed E-state index contributed by atoms with van der Waals surface area (Å²) in [5.74, 6) is -2.20. The van der Waals surface area contributed by atoms with Gasteiger partial charge in [0.1, 0.15) is 16.5 Å². The fourth-order valence-corrected chi connectivity index (χ4v) is 4.75. The SMILES string of the molecule is COc1c(Cl)cc(/C(O)=C2\C(=O)C(=O)N(Cc3cccnc3)C2c2cccc(O)c2)c(OC)c1Cl. The molecule has 8 nitrogen and oxygen atoms in total. The second-order valence-electron chi connectivity index (χ2n) is 7.67. The molecule has 35 heavy (non-hydrogen) atoms. The zero-order valence-electron chi connectivity index (χ0n) is 18.7. The summed E-state index contributed by atoms with van der Waals surface area (Å²) in [7, 11) is 2.71. The zero-order chi connectivity index (χ0) is 25.3. The highest BCUT2D eigenvalue weighted by Gasteiger charge is 2.46. The lowest BCUT2D eigenvalue weighted by molar-refractivity contribution is -0.140. The molecular weight excluding hydrogens is 495 g/mol. The van der Waals surface area contributed by atoms with Crippen LogP contribution in [0.1, 0.15) is 22.7 Å². The largest absolute Gasteiger partial charge is 0.508 e. The number of aromatic nitrogens is 1. The molecule has 1 aliphatic heterocycles. The van der Waals surface area contributed by atoms with E-state index in [0.717, 1.165) is 0 Å². The van der Waals surface area contributed by atoms with Gasteiger partial charge in [-0.25, -0.2) is 0 Å². The number of likely N-dealkylation sites (tertiary alicyclic amines) is 1. The van der Waals surface area contributed by atoms with Gasteiger partial charge in [0.2, 0.25) is 0 Å². The van der Waals surface area contributed by atoms with E-state index in [1.54, 1.807) is 36.7 Å². The number of benzene rings is 2. The van der Waals surface area contributed by atoms with Gasteiger partial charge in [0.05, 0.1) is 36.4 Å². The highest BCUT2D eigenvalue weighted by Crippen LogP contribution is 2.47. The molecule has 3 aromatic rings. The predicted octanol–water partition coefficient (Wildman–Crippen LogP) is 4.73. The highest BCUT2D eigenvalue weighted by atomic mass is 35.5. The van der Waals surface area contributed by atoms with E-state index in [-0.39, 0.29) is 45.0 Å². The lowest BCUT2D eigenvalue weighted by Gasteiger charge is -2.25. The second kappa shape index (κ2) is 9.85. The number of rotatable bonds is 6. The number of ketones is 1. The van der Waals surface area contributed by atoms with Gasteiger partial charge in [-0.3, -0.25) is 14.6 Å². The number of amides is 1. The number of nitrogens with zero attached hydrogens (tertiary/aromatic N) is 2. The van der Waals surface area contributed by atoms with Crippen LogP contribution >= 0.6 is 23.2 Å². The topological polar surface area (TPSA) is 109 Å². The fraction of sp³-hybridized carbons (Fsp3) is 0.160. The van der Waals surface area contributed by atoms with Crippen LogP contribution in [0.3, 0.4) is 0 Å². The van der Waals surface area contributed by atoms with Gasteiger partial charge in [0.15, 0.2) is 11.5 Å². The first-order valence-electron chi connectivity index (χ1n) is 10.3. The standard InChI is InChI=1S/C25H20Cl2N2O6/c1-34-23-16(10-17(26)24(35-2)19(23)27)21(31)18-20(14-6-3-7-15(30)9-14)29(25(33)22(18)32)12-13-5-4-8-28-11-13/h3-11,20,30-31H,12H2,1-2H3/b21-18+. The highest BCUT2D eigenvalue weighted by molar-refractivity contribution is 6.47. The predicted molar refractivity (Wildman–Crippen MR) is 130 cm³/mol. The van der Waals surface area contributed by atoms with Crippen LogP contribution in [0.15, 0.2) is 60.4 Å². The summed E-state index contributed by atoms with van der Waals surface area (Å²) >= 11 is 12.7. The molecule has 1 fully saturated rings. The summed E-state index contributed by atoms with van der Waals surface area (Å²) in [6, 6.07) is 9.90. The quantitative estimate of drug-likeness (QED) is 0.278. The van der Waals surface area contributed by atoms with Crippen molar-refractivity contribution in [2.24, 2.45) is 0 Å². The molecule has 1 unspecified atom stereocenters. The lowest BCUT2D eigenvalue weighted by Crippen LogP contribution is -2.29. The van der Waals surface area contributed by atoms with Crippen molar-refractivity contribution in [1.82, 2.24) is 9.88 Å². The molecule has 10 heteroatoms. The molecular formula is C25H20Cl2N2O6. The number of ether oxygens (including phenoxy) is 2. The van der Waals surface area contributed by atoms with Crippen molar-refractivity contribution in [1.29, 1.82) is 0 Å². The van der Waals surface area contributed by atoms with E-state index in [9.17, 15) is 19.8 Å². The van der Waals surface area contributed by atoms with Gasteiger partial charge in [-0.15, -0.1) is 0 Å². The van der Waals surface area contributed by atoms with E-state index in [4.69, 9.17) is 32.7 Å². The maximum Gasteiger partial charge on any atom is 0.295 e. The third-order valence-corrected chi connectivity index (χ3v) is 6.22. The Hall–Kier alpha value is -3.75. The number of hydrogen-bond donors (Lipinski definition) is 2. The molecule has 0 radical (unpaired) electrons. The second-order valence-corrected chi connectivity index (χ2v) is 8.45. The Balaban J connectivity index is 1.95. The van der Waals surface area contributed by atoms with Gasteiger partial charge >= 0.3 is 0 Å². The van der Waals surface area contributed by atoms with Crippen molar-refractivity contribution in [2.75, 3.05) is 14.2 Å². The van der Waals surface area contributed by atoms with E-state index in [1.807, 2.05) is 0 Å². The monoisotopic (exact) mass is 514 g/mol. The normalized spacial score (nSPS) is 17.0. The molecule has 2 N–H and O–H groups in total. The van der Waals surface area contributed by atoms with Crippen molar-refractivity contribution in [3.8, 4) is 17.2 Å². The van der Waals surface area contributed by atoms with Crippen LogP contribution in [0, 0.1) is 0 Å². The average Bonchev–Trinajstić information content (AvgIpc) is 3.09. The Kier molecular flexibility index (Phi) is 6.86. The number of pyridine rings is 1. The summed E-state index contributed by atoms with van der Waals surface area (Å²) in [6.45, 7) is 0.0385.